The summed E-state index contributed by atoms with van der Waals surface area (Å²) in [5.41, 5.74) is 1.05. The molecule has 9 heteroatoms. The van der Waals surface area contributed by atoms with Crippen LogP contribution in [-0.2, 0) is 13.0 Å². The molecule has 3 aromatic heterocycles. The molecule has 0 radical (unpaired) electrons. The van der Waals surface area contributed by atoms with Crippen LogP contribution in [0, 0.1) is 0 Å². The van der Waals surface area contributed by atoms with Gasteiger partial charge in [-0.3, -0.25) is 0 Å². The van der Waals surface area contributed by atoms with Crippen molar-refractivity contribution in [1.82, 2.24) is 19.8 Å². The first-order chi connectivity index (χ1) is 12.6. The van der Waals surface area contributed by atoms with Gasteiger partial charge in [0.15, 0.2) is 0 Å². The van der Waals surface area contributed by atoms with Gasteiger partial charge in [-0.05, 0) is 57.6 Å². The van der Waals surface area contributed by atoms with Crippen LogP contribution >= 0.6 is 22.9 Å². The van der Waals surface area contributed by atoms with Crippen molar-refractivity contribution < 1.29 is 4.42 Å². The second kappa shape index (κ2) is 6.54. The maximum absolute atomic E-state index is 12.5. The van der Waals surface area contributed by atoms with Gasteiger partial charge in [-0.15, -0.1) is 11.3 Å². The highest BCUT2D eigenvalue weighted by molar-refractivity contribution is 7.12. The molecule has 0 spiro atoms. The summed E-state index contributed by atoms with van der Waals surface area (Å²) in [5, 5.41) is 11.6. The molecule has 0 aliphatic heterocycles. The van der Waals surface area contributed by atoms with Crippen molar-refractivity contribution in [3.63, 3.8) is 0 Å². The first kappa shape index (κ1) is 16.7. The third-order valence-electron chi connectivity index (χ3n) is 4.05. The monoisotopic (exact) mass is 388 g/mol. The van der Waals surface area contributed by atoms with Crippen LogP contribution in [0.5, 0.6) is 0 Å². The zero-order chi connectivity index (χ0) is 18.3. The first-order valence-electron chi connectivity index (χ1n) is 7.88. The Balaban J connectivity index is 1.82. The quantitative estimate of drug-likeness (QED) is 0.502. The van der Waals surface area contributed by atoms with Gasteiger partial charge < -0.3 is 4.42 Å². The Kier molecular flexibility index (Phi) is 4.21. The molecular formula is C17H13ClN4O3S. The van der Waals surface area contributed by atoms with E-state index in [0.717, 1.165) is 12.0 Å². The number of halogens is 1. The molecule has 0 aliphatic carbocycles. The summed E-state index contributed by atoms with van der Waals surface area (Å²) >= 11 is 7.69. The summed E-state index contributed by atoms with van der Waals surface area (Å²) in [6, 6.07) is 8.47. The summed E-state index contributed by atoms with van der Waals surface area (Å²) in [7, 11) is 0. The Morgan fingerprint density at radius 1 is 1.19 bits per heavy atom. The summed E-state index contributed by atoms with van der Waals surface area (Å²) < 4.78 is 7.72. The van der Waals surface area contributed by atoms with Gasteiger partial charge in [0.2, 0.25) is 0 Å². The van der Waals surface area contributed by atoms with Gasteiger partial charge in [-0.25, -0.2) is 9.59 Å². The fourth-order valence-corrected chi connectivity index (χ4v) is 3.72. The van der Waals surface area contributed by atoms with Gasteiger partial charge in [0, 0.05) is 16.5 Å². The molecule has 0 atom stereocenters. The number of fused-ring (bicyclic) bond motifs is 1. The highest BCUT2D eigenvalue weighted by atomic mass is 35.5. The molecule has 0 aliphatic rings. The van der Waals surface area contributed by atoms with Crippen LogP contribution in [0.1, 0.15) is 18.1 Å². The number of hydrogen-bond donors (Lipinski definition) is 0. The number of nitrogens with zero attached hydrogens (tertiary/aromatic N) is 4. The minimum atomic E-state index is -0.490. The Bertz CT molecular complexity index is 1210. The smallest absolute Gasteiger partial charge is 0.369 e. The molecule has 3 heterocycles. The molecular weight excluding hydrogens is 376 g/mol. The number of benzene rings is 1. The third-order valence-corrected chi connectivity index (χ3v) is 5.25. The second-order valence-corrected chi connectivity index (χ2v) is 7.00. The van der Waals surface area contributed by atoms with Gasteiger partial charge in [0.05, 0.1) is 6.54 Å². The van der Waals surface area contributed by atoms with Gasteiger partial charge in [-0.2, -0.15) is 9.36 Å². The number of tetrazole rings is 1. The van der Waals surface area contributed by atoms with Crippen LogP contribution in [0.3, 0.4) is 0 Å². The predicted octanol–water partition coefficient (Wildman–Crippen LogP) is 2.86. The molecule has 132 valence electrons. The van der Waals surface area contributed by atoms with Crippen molar-refractivity contribution in [2.75, 3.05) is 0 Å². The van der Waals surface area contributed by atoms with E-state index in [2.05, 4.69) is 10.4 Å². The van der Waals surface area contributed by atoms with Crippen LogP contribution in [0.4, 0.5) is 0 Å². The van der Waals surface area contributed by atoms with Gasteiger partial charge in [0.1, 0.15) is 10.6 Å². The Hall–Kier alpha value is -2.71. The van der Waals surface area contributed by atoms with Crippen LogP contribution in [0.25, 0.3) is 16.0 Å². The van der Waals surface area contributed by atoms with E-state index in [-0.39, 0.29) is 12.2 Å². The van der Waals surface area contributed by atoms with E-state index in [1.54, 1.807) is 18.2 Å². The summed E-state index contributed by atoms with van der Waals surface area (Å²) in [6.45, 7) is 2.06. The van der Waals surface area contributed by atoms with Crippen molar-refractivity contribution in [3.8, 4) is 5.00 Å². The highest BCUT2D eigenvalue weighted by Crippen LogP contribution is 2.26. The van der Waals surface area contributed by atoms with E-state index in [1.807, 2.05) is 18.4 Å². The predicted molar refractivity (Wildman–Crippen MR) is 99.5 cm³/mol. The molecule has 0 saturated heterocycles. The molecule has 26 heavy (non-hydrogen) atoms. The lowest BCUT2D eigenvalue weighted by atomic mass is 10.1. The SMILES string of the molecule is CCc1cc2oc(=O)cc(Cn3nnn(-c4cccs4)c3=O)c2cc1Cl. The molecule has 0 unspecified atom stereocenters. The molecule has 0 N–H and O–H groups in total. The maximum Gasteiger partial charge on any atom is 0.369 e. The molecule has 0 amide bonds. The third kappa shape index (κ3) is 2.87. The minimum absolute atomic E-state index is 0.0914. The highest BCUT2D eigenvalue weighted by Gasteiger charge is 2.14. The summed E-state index contributed by atoms with van der Waals surface area (Å²) in [5.74, 6) is 0. The van der Waals surface area contributed by atoms with Crippen molar-refractivity contribution in [1.29, 1.82) is 0 Å². The lowest BCUT2D eigenvalue weighted by Gasteiger charge is -2.07. The second-order valence-electron chi connectivity index (χ2n) is 5.67. The van der Waals surface area contributed by atoms with Gasteiger partial charge >= 0.3 is 11.3 Å². The van der Waals surface area contributed by atoms with Crippen LogP contribution in [0.15, 0.2) is 49.7 Å². The standard InChI is InChI=1S/C17H13ClN4O3S/c1-2-10-6-14-12(8-13(10)18)11(7-16(23)25-14)9-21-17(24)22(20-19-21)15-4-3-5-26-15/h3-8H,2,9H2,1H3. The van der Waals surface area contributed by atoms with Gasteiger partial charge in [0.25, 0.3) is 0 Å². The Morgan fingerprint density at radius 3 is 2.77 bits per heavy atom. The van der Waals surface area contributed by atoms with E-state index >= 15 is 0 Å². The maximum atomic E-state index is 12.5. The zero-order valence-corrected chi connectivity index (χ0v) is 15.3. The average molecular weight is 389 g/mol. The van der Waals surface area contributed by atoms with Crippen LogP contribution < -0.4 is 11.3 Å². The molecule has 4 aromatic rings. The van der Waals surface area contributed by atoms with Crippen LogP contribution in [-0.4, -0.2) is 19.8 Å². The molecule has 0 fully saturated rings. The van der Waals surface area contributed by atoms with Crippen molar-refractivity contribution in [2.45, 2.75) is 19.9 Å². The fourth-order valence-electron chi connectivity index (χ4n) is 2.75. The van der Waals surface area contributed by atoms with E-state index < -0.39 is 5.63 Å². The molecule has 7 nitrogen and oxygen atoms in total. The Labute approximate surface area is 156 Å². The van der Waals surface area contributed by atoms with Gasteiger partial charge in [-0.1, -0.05) is 18.5 Å². The topological polar surface area (TPSA) is 82.9 Å². The average Bonchev–Trinajstić information content (AvgIpc) is 3.25. The summed E-state index contributed by atoms with van der Waals surface area (Å²) in [6.07, 6.45) is 0.720. The number of aryl methyl sites for hydroxylation is 1. The fraction of sp³-hybridized carbons (Fsp3) is 0.176. The first-order valence-corrected chi connectivity index (χ1v) is 9.14. The molecule has 4 rings (SSSR count). The van der Waals surface area contributed by atoms with Crippen LogP contribution in [0.2, 0.25) is 5.02 Å². The number of thiophene rings is 1. The largest absolute Gasteiger partial charge is 0.423 e. The van der Waals surface area contributed by atoms with Crippen molar-refractivity contribution in [2.24, 2.45) is 0 Å². The van der Waals surface area contributed by atoms with E-state index in [4.69, 9.17) is 16.0 Å². The van der Waals surface area contributed by atoms with E-state index in [9.17, 15) is 9.59 Å². The molecule has 0 saturated carbocycles. The lowest BCUT2D eigenvalue weighted by Crippen LogP contribution is -2.24. The van der Waals surface area contributed by atoms with Crippen molar-refractivity contribution >= 4 is 33.9 Å². The zero-order valence-electron chi connectivity index (χ0n) is 13.7. The molecule has 0 bridgehead atoms. The summed E-state index contributed by atoms with van der Waals surface area (Å²) in [4.78, 5) is 24.5. The van der Waals surface area contributed by atoms with E-state index in [0.29, 0.717) is 26.6 Å². The molecule has 1 aromatic carbocycles. The number of hydrogen-bond acceptors (Lipinski definition) is 6. The lowest BCUT2D eigenvalue weighted by molar-refractivity contribution is 0.554. The van der Waals surface area contributed by atoms with Crippen molar-refractivity contribution in [3.05, 3.63) is 72.8 Å². The number of rotatable bonds is 4. The normalized spacial score (nSPS) is 11.3. The van der Waals surface area contributed by atoms with E-state index in [1.165, 1.54) is 26.8 Å². The minimum Gasteiger partial charge on any atom is -0.423 e. The Morgan fingerprint density at radius 2 is 2.04 bits per heavy atom. The number of aromatic nitrogens is 4.